The van der Waals surface area contributed by atoms with Crippen LogP contribution in [0.25, 0.3) is 0 Å². The van der Waals surface area contributed by atoms with Gasteiger partial charge < -0.3 is 8.85 Å². The Morgan fingerprint density at radius 1 is 0.903 bits per heavy atom. The molecule has 0 radical (unpaired) electrons. The maximum absolute atomic E-state index is 7.22. The molecule has 2 unspecified atom stereocenters. The number of benzene rings is 1. The Hall–Kier alpha value is -0.336. The van der Waals surface area contributed by atoms with E-state index in [9.17, 15) is 0 Å². The Labute approximate surface area is 198 Å². The van der Waals surface area contributed by atoms with Crippen LogP contribution in [0.2, 0.25) is 36.3 Å². The third-order valence-corrected chi connectivity index (χ3v) is 15.4. The van der Waals surface area contributed by atoms with Crippen LogP contribution in [0.15, 0.2) is 47.4 Å². The summed E-state index contributed by atoms with van der Waals surface area (Å²) in [5.74, 6) is 0. The van der Waals surface area contributed by atoms with Crippen LogP contribution in [0.1, 0.15) is 54.4 Å². The molecule has 1 aromatic carbocycles. The normalized spacial score (nSPS) is 22.6. The number of rotatable bonds is 11. The Kier molecular flexibility index (Phi) is 9.72. The van der Waals surface area contributed by atoms with E-state index in [4.69, 9.17) is 8.85 Å². The quantitative estimate of drug-likeness (QED) is 0.234. The molecule has 0 N–H and O–H groups in total. The maximum Gasteiger partial charge on any atom is 0.200 e. The first-order chi connectivity index (χ1) is 14.4. The van der Waals surface area contributed by atoms with Crippen molar-refractivity contribution < 1.29 is 8.85 Å². The number of thioether (sulfide) groups is 1. The van der Waals surface area contributed by atoms with Gasteiger partial charge in [0, 0.05) is 28.8 Å². The topological polar surface area (TPSA) is 18.5 Å². The highest BCUT2D eigenvalue weighted by Crippen LogP contribution is 2.48. The van der Waals surface area contributed by atoms with E-state index in [1.54, 1.807) is 0 Å². The molecule has 0 fully saturated rings. The number of hydrogen-bond donors (Lipinski definition) is 0. The number of allylic oxidation sites excluding steroid dienone is 1. The van der Waals surface area contributed by atoms with Gasteiger partial charge in [0.2, 0.25) is 0 Å². The first kappa shape index (κ1) is 26.9. The Bertz CT molecular complexity index is 675. The lowest BCUT2D eigenvalue weighted by atomic mass is 9.78. The zero-order valence-electron chi connectivity index (χ0n) is 21.4. The van der Waals surface area contributed by atoms with Crippen molar-refractivity contribution in [2.75, 3.05) is 13.2 Å². The lowest BCUT2D eigenvalue weighted by molar-refractivity contribution is 0.0622. The standard InChI is InChI=1S/C26H46O2SSi2/c1-21(2)31(22(3)4,23(5)6)28-20-26(19-27-30(7,8)9)18-14-13-17-25(26)29-24-15-11-10-12-16-24/h10-13,15-17,21-23,25H,14,18-20H2,1-9H3. The van der Waals surface area contributed by atoms with E-state index in [1.165, 1.54) is 4.90 Å². The summed E-state index contributed by atoms with van der Waals surface area (Å²) in [4.78, 5) is 1.33. The van der Waals surface area contributed by atoms with Crippen molar-refractivity contribution in [1.82, 2.24) is 0 Å². The van der Waals surface area contributed by atoms with Gasteiger partial charge >= 0.3 is 0 Å². The zero-order valence-corrected chi connectivity index (χ0v) is 24.2. The molecule has 0 saturated carbocycles. The molecule has 1 aromatic rings. The summed E-state index contributed by atoms with van der Waals surface area (Å²) < 4.78 is 13.8. The fraction of sp³-hybridized carbons (Fsp3) is 0.692. The molecule has 0 spiro atoms. The monoisotopic (exact) mass is 478 g/mol. The van der Waals surface area contributed by atoms with E-state index >= 15 is 0 Å². The van der Waals surface area contributed by atoms with E-state index in [1.807, 2.05) is 11.8 Å². The minimum atomic E-state index is -1.93. The van der Waals surface area contributed by atoms with Gasteiger partial charge in [0.1, 0.15) is 0 Å². The van der Waals surface area contributed by atoms with Gasteiger partial charge in [-0.3, -0.25) is 0 Å². The van der Waals surface area contributed by atoms with Gasteiger partial charge in [-0.05, 0) is 61.2 Å². The van der Waals surface area contributed by atoms with Gasteiger partial charge in [-0.1, -0.05) is 71.9 Å². The molecular formula is C26H46O2SSi2. The van der Waals surface area contributed by atoms with E-state index in [2.05, 4.69) is 104 Å². The molecule has 1 aliphatic carbocycles. The zero-order chi connectivity index (χ0) is 23.3. The van der Waals surface area contributed by atoms with E-state index in [-0.39, 0.29) is 5.41 Å². The molecule has 0 aromatic heterocycles. The fourth-order valence-electron chi connectivity index (χ4n) is 5.23. The molecule has 0 aliphatic heterocycles. The molecule has 0 saturated heterocycles. The van der Waals surface area contributed by atoms with E-state index in [0.29, 0.717) is 21.9 Å². The van der Waals surface area contributed by atoms with E-state index < -0.39 is 16.6 Å². The van der Waals surface area contributed by atoms with Gasteiger partial charge in [0.15, 0.2) is 16.6 Å². The molecule has 2 nitrogen and oxygen atoms in total. The SMILES string of the molecule is CC(C)[Si](OCC1(CO[Si](C)(C)C)CCC=CC1Sc1ccccc1)(C(C)C)C(C)C. The average Bonchev–Trinajstić information content (AvgIpc) is 2.68. The maximum atomic E-state index is 7.22. The summed E-state index contributed by atoms with van der Waals surface area (Å²) in [6.07, 6.45) is 7.05. The highest BCUT2D eigenvalue weighted by molar-refractivity contribution is 8.00. The molecular weight excluding hydrogens is 433 g/mol. The Morgan fingerprint density at radius 2 is 1.45 bits per heavy atom. The smallest absolute Gasteiger partial charge is 0.200 e. The van der Waals surface area contributed by atoms with Gasteiger partial charge in [-0.2, -0.15) is 0 Å². The van der Waals surface area contributed by atoms with Crippen molar-refractivity contribution in [3.63, 3.8) is 0 Å². The Balaban J connectivity index is 2.38. The van der Waals surface area contributed by atoms with Crippen molar-refractivity contribution >= 4 is 28.4 Å². The van der Waals surface area contributed by atoms with Crippen LogP contribution in [0.4, 0.5) is 0 Å². The van der Waals surface area contributed by atoms with Crippen LogP contribution in [-0.2, 0) is 8.85 Å². The van der Waals surface area contributed by atoms with Gasteiger partial charge in [-0.15, -0.1) is 11.8 Å². The summed E-state index contributed by atoms with van der Waals surface area (Å²) in [5, 5.41) is 0.373. The molecule has 0 heterocycles. The number of hydrogen-bond acceptors (Lipinski definition) is 3. The Morgan fingerprint density at radius 3 is 1.97 bits per heavy atom. The third-order valence-electron chi connectivity index (χ3n) is 6.84. The molecule has 31 heavy (non-hydrogen) atoms. The highest BCUT2D eigenvalue weighted by atomic mass is 32.2. The molecule has 5 heteroatoms. The highest BCUT2D eigenvalue weighted by Gasteiger charge is 2.49. The molecule has 1 aliphatic rings. The first-order valence-electron chi connectivity index (χ1n) is 12.1. The molecule has 2 rings (SSSR count). The predicted molar refractivity (Wildman–Crippen MR) is 143 cm³/mol. The molecule has 176 valence electrons. The molecule has 0 bridgehead atoms. The predicted octanol–water partition coefficient (Wildman–Crippen LogP) is 8.53. The second kappa shape index (κ2) is 11.2. The van der Waals surface area contributed by atoms with Crippen molar-refractivity contribution in [3.05, 3.63) is 42.5 Å². The minimum Gasteiger partial charge on any atom is -0.417 e. The van der Waals surface area contributed by atoms with Crippen LogP contribution >= 0.6 is 11.8 Å². The average molecular weight is 479 g/mol. The third kappa shape index (κ3) is 6.83. The van der Waals surface area contributed by atoms with Crippen molar-refractivity contribution in [2.45, 2.75) is 101 Å². The van der Waals surface area contributed by atoms with Crippen LogP contribution in [0.3, 0.4) is 0 Å². The van der Waals surface area contributed by atoms with Gasteiger partial charge in [-0.25, -0.2) is 0 Å². The first-order valence-corrected chi connectivity index (χ1v) is 18.5. The van der Waals surface area contributed by atoms with Crippen LogP contribution in [0, 0.1) is 5.41 Å². The second-order valence-electron chi connectivity index (χ2n) is 11.2. The second-order valence-corrected chi connectivity index (χ2v) is 22.4. The van der Waals surface area contributed by atoms with Crippen molar-refractivity contribution in [3.8, 4) is 0 Å². The summed E-state index contributed by atoms with van der Waals surface area (Å²) in [6, 6.07) is 10.8. The molecule has 2 atom stereocenters. The largest absolute Gasteiger partial charge is 0.417 e. The van der Waals surface area contributed by atoms with Crippen molar-refractivity contribution in [1.29, 1.82) is 0 Å². The van der Waals surface area contributed by atoms with Crippen molar-refractivity contribution in [2.24, 2.45) is 5.41 Å². The summed E-state index contributed by atoms with van der Waals surface area (Å²) in [5.41, 5.74) is 1.82. The lowest BCUT2D eigenvalue weighted by Gasteiger charge is -2.48. The molecule has 0 amide bonds. The minimum absolute atomic E-state index is 0.0203. The fourth-order valence-corrected chi connectivity index (χ4v) is 12.8. The summed E-state index contributed by atoms with van der Waals surface area (Å²) >= 11 is 1.98. The summed E-state index contributed by atoms with van der Waals surface area (Å²) in [6.45, 7) is 22.8. The van der Waals surface area contributed by atoms with E-state index in [0.717, 1.165) is 26.1 Å². The van der Waals surface area contributed by atoms with Crippen LogP contribution in [-0.4, -0.2) is 35.1 Å². The van der Waals surface area contributed by atoms with Gasteiger partial charge in [0.05, 0.1) is 0 Å². The van der Waals surface area contributed by atoms with Gasteiger partial charge in [0.25, 0.3) is 0 Å². The van der Waals surface area contributed by atoms with Crippen LogP contribution < -0.4 is 0 Å². The summed E-state index contributed by atoms with van der Waals surface area (Å²) in [7, 11) is -3.56. The lowest BCUT2D eigenvalue weighted by Crippen LogP contribution is -2.53. The van der Waals surface area contributed by atoms with Crippen LogP contribution in [0.5, 0.6) is 0 Å².